The van der Waals surface area contributed by atoms with Crippen molar-refractivity contribution in [3.63, 3.8) is 0 Å². The summed E-state index contributed by atoms with van der Waals surface area (Å²) in [5, 5.41) is 12.3. The first-order chi connectivity index (χ1) is 11.9. The lowest BCUT2D eigenvalue weighted by Crippen LogP contribution is -2.43. The van der Waals surface area contributed by atoms with Crippen molar-refractivity contribution in [1.29, 1.82) is 0 Å². The fourth-order valence-corrected chi connectivity index (χ4v) is 2.53. The first-order valence-corrected chi connectivity index (χ1v) is 7.83. The third-order valence-corrected chi connectivity index (χ3v) is 3.92. The molecule has 2 atom stereocenters. The number of ether oxygens (including phenoxy) is 1. The van der Waals surface area contributed by atoms with E-state index in [9.17, 15) is 14.4 Å². The van der Waals surface area contributed by atoms with E-state index in [1.807, 2.05) is 24.3 Å². The highest BCUT2D eigenvalue weighted by Gasteiger charge is 2.24. The van der Waals surface area contributed by atoms with Crippen molar-refractivity contribution in [2.45, 2.75) is 31.3 Å². The normalized spacial score (nSPS) is 13.2. The summed E-state index contributed by atoms with van der Waals surface area (Å²) in [4.78, 5) is 37.8. The number of para-hydroxylation sites is 1. The maximum Gasteiger partial charge on any atom is 0.328 e. The van der Waals surface area contributed by atoms with Crippen LogP contribution in [0.3, 0.4) is 0 Å². The molecule has 0 aliphatic heterocycles. The molecule has 1 aromatic carbocycles. The smallest absolute Gasteiger partial charge is 0.328 e. The number of hydrogen-bond donors (Lipinski definition) is 4. The number of benzene rings is 1. The maximum absolute atomic E-state index is 12.0. The van der Waals surface area contributed by atoms with Crippen molar-refractivity contribution in [3.8, 4) is 0 Å². The Labute approximate surface area is 144 Å². The Kier molecular flexibility index (Phi) is 6.13. The Hall–Kier alpha value is -2.87. The summed E-state index contributed by atoms with van der Waals surface area (Å²) in [5.74, 6) is -2.19. The van der Waals surface area contributed by atoms with Gasteiger partial charge in [-0.1, -0.05) is 18.2 Å². The molecule has 25 heavy (non-hydrogen) atoms. The number of methoxy groups -OCH3 is 1. The SMILES string of the molecule is COC(=O)[C@@H](Cc1c[nH]c2ccccc12)NC(=O)CC[C@@H](N)C(=O)O. The Balaban J connectivity index is 2.05. The molecule has 1 aromatic heterocycles. The van der Waals surface area contributed by atoms with Gasteiger partial charge < -0.3 is 25.9 Å². The molecule has 0 aliphatic rings. The van der Waals surface area contributed by atoms with E-state index in [1.165, 1.54) is 7.11 Å². The largest absolute Gasteiger partial charge is 0.480 e. The van der Waals surface area contributed by atoms with Crippen molar-refractivity contribution in [3.05, 3.63) is 36.0 Å². The molecule has 0 saturated heterocycles. The Morgan fingerprint density at radius 2 is 2.04 bits per heavy atom. The average molecular weight is 347 g/mol. The Bertz CT molecular complexity index is 770. The van der Waals surface area contributed by atoms with Gasteiger partial charge in [0.15, 0.2) is 0 Å². The van der Waals surface area contributed by atoms with Gasteiger partial charge in [0, 0.05) is 29.9 Å². The number of rotatable bonds is 8. The second-order valence-electron chi connectivity index (χ2n) is 5.69. The van der Waals surface area contributed by atoms with Crippen LogP contribution in [0.2, 0.25) is 0 Å². The number of H-pyrrole nitrogens is 1. The molecule has 8 heteroatoms. The van der Waals surface area contributed by atoms with E-state index in [0.717, 1.165) is 16.5 Å². The number of fused-ring (bicyclic) bond motifs is 1. The van der Waals surface area contributed by atoms with E-state index in [-0.39, 0.29) is 19.3 Å². The summed E-state index contributed by atoms with van der Waals surface area (Å²) in [5.41, 5.74) is 7.18. The standard InChI is InChI=1S/C17H21N3O5/c1-25-17(24)14(20-15(21)7-6-12(18)16(22)23)8-10-9-19-13-5-3-2-4-11(10)13/h2-5,9,12,14,19H,6-8,18H2,1H3,(H,20,21)(H,22,23)/t12-,14-/m1/s1. The summed E-state index contributed by atoms with van der Waals surface area (Å²) in [6.45, 7) is 0. The van der Waals surface area contributed by atoms with Crippen molar-refractivity contribution < 1.29 is 24.2 Å². The number of carbonyl (C=O) groups excluding carboxylic acids is 2. The molecule has 0 aliphatic carbocycles. The molecule has 0 unspecified atom stereocenters. The monoisotopic (exact) mass is 347 g/mol. The molecule has 0 fully saturated rings. The van der Waals surface area contributed by atoms with Gasteiger partial charge in [0.25, 0.3) is 0 Å². The summed E-state index contributed by atoms with van der Waals surface area (Å²) < 4.78 is 4.76. The van der Waals surface area contributed by atoms with Gasteiger partial charge in [0.05, 0.1) is 7.11 Å². The molecule has 0 bridgehead atoms. The zero-order valence-corrected chi connectivity index (χ0v) is 13.8. The van der Waals surface area contributed by atoms with Gasteiger partial charge in [-0.3, -0.25) is 9.59 Å². The lowest BCUT2D eigenvalue weighted by atomic mass is 10.0. The predicted octanol–water partition coefficient (Wildman–Crippen LogP) is 0.560. The van der Waals surface area contributed by atoms with E-state index in [1.54, 1.807) is 6.20 Å². The van der Waals surface area contributed by atoms with Crippen LogP contribution in [0.4, 0.5) is 0 Å². The number of aromatic amines is 1. The Morgan fingerprint density at radius 1 is 1.32 bits per heavy atom. The van der Waals surface area contributed by atoms with Gasteiger partial charge in [0.2, 0.25) is 5.91 Å². The molecule has 0 radical (unpaired) electrons. The zero-order valence-electron chi connectivity index (χ0n) is 13.8. The molecular formula is C17H21N3O5. The average Bonchev–Trinajstić information content (AvgIpc) is 3.01. The maximum atomic E-state index is 12.0. The van der Waals surface area contributed by atoms with Gasteiger partial charge in [-0.2, -0.15) is 0 Å². The second-order valence-corrected chi connectivity index (χ2v) is 5.69. The minimum Gasteiger partial charge on any atom is -0.480 e. The number of amides is 1. The van der Waals surface area contributed by atoms with Crippen LogP contribution in [0.25, 0.3) is 10.9 Å². The highest BCUT2D eigenvalue weighted by molar-refractivity contribution is 5.87. The van der Waals surface area contributed by atoms with Crippen molar-refractivity contribution in [2.24, 2.45) is 5.73 Å². The van der Waals surface area contributed by atoms with E-state index in [4.69, 9.17) is 15.6 Å². The van der Waals surface area contributed by atoms with E-state index in [0.29, 0.717) is 0 Å². The molecule has 134 valence electrons. The molecule has 2 aromatic rings. The zero-order chi connectivity index (χ0) is 18.4. The highest BCUT2D eigenvalue weighted by atomic mass is 16.5. The first kappa shape index (κ1) is 18.5. The fraction of sp³-hybridized carbons (Fsp3) is 0.353. The molecule has 5 N–H and O–H groups in total. The number of aliphatic carboxylic acids is 1. The number of carboxylic acids is 1. The number of nitrogens with one attached hydrogen (secondary N) is 2. The molecule has 2 rings (SSSR count). The first-order valence-electron chi connectivity index (χ1n) is 7.83. The number of nitrogens with two attached hydrogens (primary N) is 1. The van der Waals surface area contributed by atoms with Crippen LogP contribution in [-0.4, -0.2) is 47.1 Å². The van der Waals surface area contributed by atoms with Crippen LogP contribution >= 0.6 is 0 Å². The van der Waals surface area contributed by atoms with Gasteiger partial charge >= 0.3 is 11.9 Å². The van der Waals surface area contributed by atoms with Gasteiger partial charge in [0.1, 0.15) is 12.1 Å². The molecule has 0 spiro atoms. The highest BCUT2D eigenvalue weighted by Crippen LogP contribution is 2.19. The Morgan fingerprint density at radius 3 is 2.72 bits per heavy atom. The minimum atomic E-state index is -1.17. The molecule has 8 nitrogen and oxygen atoms in total. The third kappa shape index (κ3) is 4.80. The van der Waals surface area contributed by atoms with Gasteiger partial charge in [-0.15, -0.1) is 0 Å². The van der Waals surface area contributed by atoms with E-state index >= 15 is 0 Å². The summed E-state index contributed by atoms with van der Waals surface area (Å²) >= 11 is 0. The van der Waals surface area contributed by atoms with E-state index < -0.39 is 29.9 Å². The molecule has 1 heterocycles. The van der Waals surface area contributed by atoms with Gasteiger partial charge in [-0.05, 0) is 18.1 Å². The van der Waals surface area contributed by atoms with Crippen LogP contribution in [0.1, 0.15) is 18.4 Å². The number of aromatic nitrogens is 1. The predicted molar refractivity (Wildman–Crippen MR) is 90.8 cm³/mol. The number of carbonyl (C=O) groups is 3. The number of esters is 1. The van der Waals surface area contributed by atoms with Crippen LogP contribution in [0, 0.1) is 0 Å². The van der Waals surface area contributed by atoms with Crippen LogP contribution < -0.4 is 11.1 Å². The quantitative estimate of drug-likeness (QED) is 0.515. The summed E-state index contributed by atoms with van der Waals surface area (Å²) in [7, 11) is 1.25. The van der Waals surface area contributed by atoms with Crippen molar-refractivity contribution >= 4 is 28.7 Å². The van der Waals surface area contributed by atoms with Crippen molar-refractivity contribution in [2.75, 3.05) is 7.11 Å². The molecule has 1 amide bonds. The third-order valence-electron chi connectivity index (χ3n) is 3.92. The second kappa shape index (κ2) is 8.29. The molecular weight excluding hydrogens is 326 g/mol. The fourth-order valence-electron chi connectivity index (χ4n) is 2.53. The minimum absolute atomic E-state index is 0.0118. The summed E-state index contributed by atoms with van der Waals surface area (Å²) in [6, 6.07) is 5.64. The molecule has 0 saturated carbocycles. The lowest BCUT2D eigenvalue weighted by Gasteiger charge is -2.16. The van der Waals surface area contributed by atoms with Crippen LogP contribution in [0.15, 0.2) is 30.5 Å². The van der Waals surface area contributed by atoms with Crippen molar-refractivity contribution in [1.82, 2.24) is 10.3 Å². The lowest BCUT2D eigenvalue weighted by molar-refractivity contribution is -0.145. The van der Waals surface area contributed by atoms with Gasteiger partial charge in [-0.25, -0.2) is 4.79 Å². The topological polar surface area (TPSA) is 135 Å². The number of hydrogen-bond acceptors (Lipinski definition) is 5. The number of carboxylic acid groups (broad SMARTS) is 1. The summed E-state index contributed by atoms with van der Waals surface area (Å²) in [6.07, 6.45) is 1.94. The van der Waals surface area contributed by atoms with E-state index in [2.05, 4.69) is 10.3 Å². The van der Waals surface area contributed by atoms with Crippen LogP contribution in [-0.2, 0) is 25.5 Å². The van der Waals surface area contributed by atoms with Crippen LogP contribution in [0.5, 0.6) is 0 Å².